The van der Waals surface area contributed by atoms with Gasteiger partial charge in [0.05, 0.1) is 17.5 Å². The predicted molar refractivity (Wildman–Crippen MR) is 129 cm³/mol. The fourth-order valence-electron chi connectivity index (χ4n) is 2.89. The van der Waals surface area contributed by atoms with E-state index in [1.807, 2.05) is 13.8 Å². The van der Waals surface area contributed by atoms with Crippen molar-refractivity contribution in [1.29, 1.82) is 0 Å². The third kappa shape index (κ3) is 6.94. The quantitative estimate of drug-likeness (QED) is 0.319. The maximum atomic E-state index is 12.5. The molecule has 2 aromatic heterocycles. The number of nitrogens with zero attached hydrogens (tertiary/aromatic N) is 3. The number of aliphatic hydroxyl groups is 1. The lowest BCUT2D eigenvalue weighted by atomic mass is 10.0. The molecule has 6 nitrogen and oxygen atoms in total. The average Bonchev–Trinajstić information content (AvgIpc) is 3.40. The second kappa shape index (κ2) is 11.3. The maximum Gasteiger partial charge on any atom is 0.573 e. The molecule has 2 heterocycles. The van der Waals surface area contributed by atoms with Crippen molar-refractivity contribution in [2.75, 3.05) is 0 Å². The lowest BCUT2D eigenvalue weighted by Gasteiger charge is -2.12. The van der Waals surface area contributed by atoms with E-state index in [1.54, 1.807) is 32.2 Å². The van der Waals surface area contributed by atoms with Crippen LogP contribution in [-0.2, 0) is 0 Å². The smallest absolute Gasteiger partial charge is 0.440 e. The summed E-state index contributed by atoms with van der Waals surface area (Å²) >= 11 is 3.30. The van der Waals surface area contributed by atoms with Crippen LogP contribution in [0, 0.1) is 6.92 Å². The first-order chi connectivity index (χ1) is 15.9. The van der Waals surface area contributed by atoms with E-state index in [2.05, 4.69) is 43.9 Å². The molecule has 1 N–H and O–H groups in total. The Hall–Kier alpha value is -3.11. The van der Waals surface area contributed by atoms with E-state index in [0.29, 0.717) is 44.4 Å². The molecule has 1 unspecified atom stereocenters. The Kier molecular flexibility index (Phi) is 9.06. The zero-order valence-corrected chi connectivity index (χ0v) is 20.7. The number of benzene rings is 1. The number of hydrogen-bond acceptors (Lipinski definition) is 5. The highest BCUT2D eigenvalue weighted by atomic mass is 79.9. The number of ether oxygens (including phenoxy) is 1. The third-order valence-electron chi connectivity index (χ3n) is 4.27. The van der Waals surface area contributed by atoms with Gasteiger partial charge in [-0.1, -0.05) is 42.9 Å². The van der Waals surface area contributed by atoms with E-state index in [0.717, 1.165) is 0 Å². The molecule has 0 spiro atoms. The molecule has 0 radical (unpaired) electrons. The third-order valence-corrected chi connectivity index (χ3v) is 4.50. The number of rotatable bonds is 7. The van der Waals surface area contributed by atoms with Gasteiger partial charge in [-0.2, -0.15) is 5.10 Å². The minimum atomic E-state index is -4.78. The molecule has 1 atom stereocenters. The maximum absolute atomic E-state index is 12.5. The van der Waals surface area contributed by atoms with Crippen LogP contribution in [0.15, 0.2) is 64.7 Å². The standard InChI is InChI=1S/C22H19BrF3N3O3.C2H6/c1-12(23)11-18(13(2)29-10-9-19(28-29)14(3)30)21-20(27-15(4)31-21)16-5-7-17(8-6-16)32-22(24,25)26;1-2/h5-11,14,30H,1-2H2,3-4H3;1-2H3/b18-11+;. The van der Waals surface area contributed by atoms with Gasteiger partial charge in [0.1, 0.15) is 11.4 Å². The summed E-state index contributed by atoms with van der Waals surface area (Å²) in [4.78, 5) is 4.40. The van der Waals surface area contributed by atoms with Gasteiger partial charge < -0.3 is 14.3 Å². The van der Waals surface area contributed by atoms with Crippen LogP contribution in [0.2, 0.25) is 0 Å². The van der Waals surface area contributed by atoms with Gasteiger partial charge in [-0.25, -0.2) is 9.67 Å². The lowest BCUT2D eigenvalue weighted by Crippen LogP contribution is -2.16. The van der Waals surface area contributed by atoms with Gasteiger partial charge in [-0.3, -0.25) is 0 Å². The predicted octanol–water partition coefficient (Wildman–Crippen LogP) is 7.29. The Balaban J connectivity index is 0.00000199. The van der Waals surface area contributed by atoms with Crippen LogP contribution in [0.5, 0.6) is 5.75 Å². The number of oxazole rings is 1. The summed E-state index contributed by atoms with van der Waals surface area (Å²) in [5.74, 6) is 0.320. The van der Waals surface area contributed by atoms with Crippen molar-refractivity contribution in [2.45, 2.75) is 40.2 Å². The van der Waals surface area contributed by atoms with E-state index in [9.17, 15) is 18.3 Å². The zero-order valence-electron chi connectivity index (χ0n) is 19.2. The highest BCUT2D eigenvalue weighted by Gasteiger charge is 2.31. The number of hydrogen-bond donors (Lipinski definition) is 1. The molecule has 0 aliphatic carbocycles. The molecule has 0 saturated carbocycles. The number of aryl methyl sites for hydroxylation is 1. The lowest BCUT2D eigenvalue weighted by molar-refractivity contribution is -0.274. The Morgan fingerprint density at radius 1 is 1.21 bits per heavy atom. The summed E-state index contributed by atoms with van der Waals surface area (Å²) in [6.45, 7) is 15.2. The van der Waals surface area contributed by atoms with E-state index >= 15 is 0 Å². The van der Waals surface area contributed by atoms with Crippen molar-refractivity contribution in [3.05, 3.63) is 77.6 Å². The van der Waals surface area contributed by atoms with Crippen LogP contribution in [0.4, 0.5) is 13.2 Å². The van der Waals surface area contributed by atoms with Crippen molar-refractivity contribution >= 4 is 27.2 Å². The fourth-order valence-corrected chi connectivity index (χ4v) is 3.12. The van der Waals surface area contributed by atoms with Crippen LogP contribution in [-0.4, -0.2) is 26.2 Å². The van der Waals surface area contributed by atoms with Gasteiger partial charge in [0.15, 0.2) is 11.7 Å². The molecule has 34 heavy (non-hydrogen) atoms. The minimum absolute atomic E-state index is 0.326. The molecule has 0 aliphatic heterocycles. The molecule has 182 valence electrons. The van der Waals surface area contributed by atoms with Crippen molar-refractivity contribution in [3.8, 4) is 17.0 Å². The first-order valence-electron chi connectivity index (χ1n) is 10.3. The molecule has 0 aliphatic rings. The topological polar surface area (TPSA) is 73.3 Å². The summed E-state index contributed by atoms with van der Waals surface area (Å²) in [7, 11) is 0. The highest BCUT2D eigenvalue weighted by Crippen LogP contribution is 2.36. The molecule has 3 aromatic rings. The van der Waals surface area contributed by atoms with Gasteiger partial charge in [0.2, 0.25) is 0 Å². The van der Waals surface area contributed by atoms with E-state index < -0.39 is 12.5 Å². The number of halogens is 4. The average molecular weight is 540 g/mol. The van der Waals surface area contributed by atoms with Crippen LogP contribution >= 0.6 is 15.9 Å². The Morgan fingerprint density at radius 3 is 2.32 bits per heavy atom. The summed E-state index contributed by atoms with van der Waals surface area (Å²) in [5, 5.41) is 14.1. The summed E-state index contributed by atoms with van der Waals surface area (Å²) in [6.07, 6.45) is -2.24. The molecular weight excluding hydrogens is 515 g/mol. The van der Waals surface area contributed by atoms with Crippen molar-refractivity contribution in [2.24, 2.45) is 0 Å². The van der Waals surface area contributed by atoms with Crippen LogP contribution in [0.25, 0.3) is 22.5 Å². The van der Waals surface area contributed by atoms with Gasteiger partial charge in [-0.15, -0.1) is 13.2 Å². The van der Waals surface area contributed by atoms with E-state index in [-0.39, 0.29) is 5.75 Å². The minimum Gasteiger partial charge on any atom is -0.440 e. The summed E-state index contributed by atoms with van der Waals surface area (Å²) in [6, 6.07) is 6.94. The number of aliphatic hydroxyl groups excluding tert-OH is 1. The Labute approximate surface area is 204 Å². The molecule has 0 bridgehead atoms. The second-order valence-corrected chi connectivity index (χ2v) is 7.81. The SMILES string of the molecule is C=C(Br)/C=C(\C(=C)n1ccc(C(C)O)n1)c1oc(C)nc1-c1ccc(OC(F)(F)F)cc1.CC. The normalized spacial score (nSPS) is 12.6. The summed E-state index contributed by atoms with van der Waals surface area (Å²) in [5.41, 5.74) is 2.25. The van der Waals surface area contributed by atoms with Gasteiger partial charge >= 0.3 is 6.36 Å². The number of allylic oxidation sites excluding steroid dienone is 4. The molecule has 0 amide bonds. The first-order valence-corrected chi connectivity index (χ1v) is 11.1. The van der Waals surface area contributed by atoms with Crippen LogP contribution < -0.4 is 4.74 Å². The van der Waals surface area contributed by atoms with E-state index in [4.69, 9.17) is 4.42 Å². The van der Waals surface area contributed by atoms with Gasteiger partial charge in [-0.05, 0) is 43.3 Å². The molecule has 1 aromatic carbocycles. The largest absolute Gasteiger partial charge is 0.573 e. The second-order valence-electron chi connectivity index (χ2n) is 6.80. The van der Waals surface area contributed by atoms with Crippen molar-refractivity contribution < 1.29 is 27.4 Å². The van der Waals surface area contributed by atoms with Crippen LogP contribution in [0.1, 0.15) is 44.2 Å². The molecule has 3 rings (SSSR count). The molecular formula is C24H25BrF3N3O3. The zero-order chi connectivity index (χ0) is 25.6. The summed E-state index contributed by atoms with van der Waals surface area (Å²) < 4.78 is 49.1. The molecule has 0 fully saturated rings. The Morgan fingerprint density at radius 2 is 1.82 bits per heavy atom. The number of aromatic nitrogens is 3. The number of alkyl halides is 3. The molecule has 10 heteroatoms. The Bertz CT molecular complexity index is 1180. The fraction of sp³-hybridized carbons (Fsp3) is 0.250. The highest BCUT2D eigenvalue weighted by molar-refractivity contribution is 9.11. The van der Waals surface area contributed by atoms with E-state index in [1.165, 1.54) is 28.9 Å². The van der Waals surface area contributed by atoms with Crippen LogP contribution in [0.3, 0.4) is 0 Å². The van der Waals surface area contributed by atoms with Crippen molar-refractivity contribution in [3.63, 3.8) is 0 Å². The molecule has 0 saturated heterocycles. The monoisotopic (exact) mass is 539 g/mol. The van der Waals surface area contributed by atoms with Gasteiger partial charge in [0.25, 0.3) is 0 Å². The van der Waals surface area contributed by atoms with Crippen molar-refractivity contribution in [1.82, 2.24) is 14.8 Å². The first kappa shape index (κ1) is 27.1. The van der Waals surface area contributed by atoms with Gasteiger partial charge in [0, 0.05) is 28.7 Å².